The van der Waals surface area contributed by atoms with E-state index >= 15 is 0 Å². The van der Waals surface area contributed by atoms with E-state index in [1.807, 2.05) is 25.2 Å². The topological polar surface area (TPSA) is 49.4 Å². The normalized spacial score (nSPS) is 16.1. The lowest BCUT2D eigenvalue weighted by Crippen LogP contribution is -2.36. The number of Topliss-reactive ketones (excluding diaryl/α,β-unsaturated/α-hetero) is 2. The molecule has 0 aromatic heterocycles. The highest BCUT2D eigenvalue weighted by molar-refractivity contribution is 6.31. The predicted molar refractivity (Wildman–Crippen MR) is 131 cm³/mol. The number of anilines is 1. The van der Waals surface area contributed by atoms with Crippen LogP contribution in [0.15, 0.2) is 30.0 Å². The van der Waals surface area contributed by atoms with Crippen molar-refractivity contribution in [1.82, 2.24) is 4.90 Å². The van der Waals surface area contributed by atoms with E-state index in [2.05, 4.69) is 12.2 Å². The summed E-state index contributed by atoms with van der Waals surface area (Å²) < 4.78 is 0. The van der Waals surface area contributed by atoms with E-state index in [9.17, 15) is 9.59 Å². The van der Waals surface area contributed by atoms with Crippen LogP contribution in [0.5, 0.6) is 0 Å². The molecule has 0 saturated heterocycles. The zero-order chi connectivity index (χ0) is 22.6. The minimum atomic E-state index is -0.680. The Morgan fingerprint density at radius 1 is 1.06 bits per heavy atom. The lowest BCUT2D eigenvalue weighted by molar-refractivity contribution is -0.117. The van der Waals surface area contributed by atoms with E-state index in [4.69, 9.17) is 11.6 Å². The highest BCUT2D eigenvalue weighted by Crippen LogP contribution is 2.30. The number of hydrogen-bond donors (Lipinski definition) is 1. The number of benzene rings is 1. The molecule has 0 saturated carbocycles. The second-order valence-corrected chi connectivity index (χ2v) is 9.34. The van der Waals surface area contributed by atoms with E-state index in [1.165, 1.54) is 51.4 Å². The SMILES string of the molecule is CCCCCCCCCCCC/C(=C/N(C)C)C(=O)C1CNc2ccc(Cl)cc2C1=O. The molecule has 1 N–H and O–H groups in total. The zero-order valence-electron chi connectivity index (χ0n) is 19.5. The maximum atomic E-state index is 13.2. The maximum absolute atomic E-state index is 13.2. The monoisotopic (exact) mass is 446 g/mol. The summed E-state index contributed by atoms with van der Waals surface area (Å²) in [7, 11) is 3.84. The zero-order valence-corrected chi connectivity index (χ0v) is 20.3. The lowest BCUT2D eigenvalue weighted by atomic mass is 9.85. The Morgan fingerprint density at radius 2 is 1.68 bits per heavy atom. The first-order valence-corrected chi connectivity index (χ1v) is 12.3. The van der Waals surface area contributed by atoms with E-state index in [0.717, 1.165) is 30.5 Å². The van der Waals surface area contributed by atoms with Gasteiger partial charge in [-0.05, 0) is 31.0 Å². The van der Waals surface area contributed by atoms with Crippen LogP contribution in [0.25, 0.3) is 0 Å². The van der Waals surface area contributed by atoms with Gasteiger partial charge in [0.15, 0.2) is 11.6 Å². The van der Waals surface area contributed by atoms with Gasteiger partial charge in [0.1, 0.15) is 5.92 Å². The smallest absolute Gasteiger partial charge is 0.177 e. The number of nitrogens with zero attached hydrogens (tertiary/aromatic N) is 1. The van der Waals surface area contributed by atoms with Gasteiger partial charge in [0.25, 0.3) is 0 Å². The summed E-state index contributed by atoms with van der Waals surface area (Å²) in [5.74, 6) is -0.873. The molecule has 0 spiro atoms. The van der Waals surface area contributed by atoms with Gasteiger partial charge in [-0.1, -0.05) is 76.3 Å². The van der Waals surface area contributed by atoms with E-state index in [1.54, 1.807) is 18.2 Å². The summed E-state index contributed by atoms with van der Waals surface area (Å²) in [6.45, 7) is 2.59. The van der Waals surface area contributed by atoms with Gasteiger partial charge in [-0.3, -0.25) is 9.59 Å². The van der Waals surface area contributed by atoms with Gasteiger partial charge in [0, 0.05) is 48.7 Å². The van der Waals surface area contributed by atoms with Crippen molar-refractivity contribution in [2.75, 3.05) is 26.0 Å². The molecule has 1 heterocycles. The molecule has 2 rings (SSSR count). The fourth-order valence-electron chi connectivity index (χ4n) is 4.17. The molecule has 4 nitrogen and oxygen atoms in total. The highest BCUT2D eigenvalue weighted by atomic mass is 35.5. The van der Waals surface area contributed by atoms with Crippen LogP contribution in [-0.2, 0) is 4.79 Å². The quantitative estimate of drug-likeness (QED) is 0.192. The third-order valence-electron chi connectivity index (χ3n) is 5.91. The molecule has 0 amide bonds. The minimum absolute atomic E-state index is 0.0623. The number of halogens is 1. The standard InChI is InChI=1S/C26H39ClN2O2/c1-4-5-6-7-8-9-10-11-12-13-14-20(19-29(2)3)25(30)23-18-28-24-16-15-21(27)17-22(24)26(23)31/h15-17,19,23,28H,4-14,18H2,1-3H3/b20-19-. The Morgan fingerprint density at radius 3 is 2.29 bits per heavy atom. The third-order valence-corrected chi connectivity index (χ3v) is 6.14. The van der Waals surface area contributed by atoms with Gasteiger partial charge in [0.2, 0.25) is 0 Å². The second-order valence-electron chi connectivity index (χ2n) is 8.90. The van der Waals surface area contributed by atoms with Gasteiger partial charge in [0.05, 0.1) is 0 Å². The van der Waals surface area contributed by atoms with Crippen LogP contribution in [-0.4, -0.2) is 37.1 Å². The molecule has 31 heavy (non-hydrogen) atoms. The molecular weight excluding hydrogens is 408 g/mol. The number of hydrogen-bond acceptors (Lipinski definition) is 4. The molecule has 1 aromatic rings. The molecule has 0 bridgehead atoms. The van der Waals surface area contributed by atoms with Crippen LogP contribution in [0.2, 0.25) is 5.02 Å². The molecule has 1 aromatic carbocycles. The summed E-state index contributed by atoms with van der Waals surface area (Å²) in [5.41, 5.74) is 2.02. The van der Waals surface area contributed by atoms with Crippen molar-refractivity contribution in [3.63, 3.8) is 0 Å². The molecule has 0 fully saturated rings. The van der Waals surface area contributed by atoms with Crippen molar-refractivity contribution >= 4 is 28.9 Å². The number of fused-ring (bicyclic) bond motifs is 1. The Hall–Kier alpha value is -1.81. The Labute approximate surface area is 193 Å². The number of nitrogens with one attached hydrogen (secondary N) is 1. The molecule has 0 aliphatic carbocycles. The first-order valence-electron chi connectivity index (χ1n) is 11.9. The van der Waals surface area contributed by atoms with Gasteiger partial charge >= 0.3 is 0 Å². The molecule has 172 valence electrons. The second kappa shape index (κ2) is 13.6. The van der Waals surface area contributed by atoms with Crippen molar-refractivity contribution < 1.29 is 9.59 Å². The van der Waals surface area contributed by atoms with Crippen LogP contribution in [0.1, 0.15) is 87.9 Å². The number of rotatable bonds is 14. The third kappa shape index (κ3) is 8.33. The average molecular weight is 447 g/mol. The van der Waals surface area contributed by atoms with Crippen LogP contribution in [0.4, 0.5) is 5.69 Å². The first-order chi connectivity index (χ1) is 14.9. The Balaban J connectivity index is 1.84. The number of carbonyl (C=O) groups is 2. The molecule has 1 aliphatic rings. The predicted octanol–water partition coefficient (Wildman–Crippen LogP) is 6.89. The van der Waals surface area contributed by atoms with Gasteiger partial charge in [-0.15, -0.1) is 0 Å². The van der Waals surface area contributed by atoms with Crippen LogP contribution in [0.3, 0.4) is 0 Å². The molecule has 1 aliphatic heterocycles. The summed E-state index contributed by atoms with van der Waals surface area (Å²) >= 11 is 6.07. The van der Waals surface area contributed by atoms with Crippen molar-refractivity contribution in [2.45, 2.75) is 77.6 Å². The molecule has 1 atom stereocenters. The number of carbonyl (C=O) groups excluding carboxylic acids is 2. The number of unbranched alkanes of at least 4 members (excludes halogenated alkanes) is 9. The summed E-state index contributed by atoms with van der Waals surface area (Å²) in [4.78, 5) is 28.1. The van der Waals surface area contributed by atoms with Crippen molar-refractivity contribution in [3.8, 4) is 0 Å². The molecule has 5 heteroatoms. The maximum Gasteiger partial charge on any atom is 0.177 e. The molecule has 1 unspecified atom stereocenters. The first kappa shape index (κ1) is 25.5. The van der Waals surface area contributed by atoms with Crippen molar-refractivity contribution in [1.29, 1.82) is 0 Å². The summed E-state index contributed by atoms with van der Waals surface area (Å²) in [5, 5.41) is 3.74. The number of ketones is 2. The largest absolute Gasteiger partial charge is 0.383 e. The van der Waals surface area contributed by atoms with Crippen LogP contribution >= 0.6 is 11.6 Å². The van der Waals surface area contributed by atoms with Crippen LogP contribution < -0.4 is 5.32 Å². The average Bonchev–Trinajstić information content (AvgIpc) is 2.74. The van der Waals surface area contributed by atoms with E-state index in [0.29, 0.717) is 17.1 Å². The van der Waals surface area contributed by atoms with Crippen molar-refractivity contribution in [2.24, 2.45) is 5.92 Å². The minimum Gasteiger partial charge on any atom is -0.383 e. The van der Waals surface area contributed by atoms with E-state index in [-0.39, 0.29) is 11.6 Å². The Kier molecular flexibility index (Phi) is 11.1. The van der Waals surface area contributed by atoms with Gasteiger partial charge in [-0.2, -0.15) is 0 Å². The van der Waals surface area contributed by atoms with E-state index < -0.39 is 5.92 Å². The molecular formula is C26H39ClN2O2. The summed E-state index contributed by atoms with van der Waals surface area (Å²) in [6, 6.07) is 5.21. The Bertz CT molecular complexity index is 758. The fraction of sp³-hybridized carbons (Fsp3) is 0.615. The van der Waals surface area contributed by atoms with Crippen molar-refractivity contribution in [3.05, 3.63) is 40.6 Å². The van der Waals surface area contributed by atoms with Gasteiger partial charge < -0.3 is 10.2 Å². The fourth-order valence-corrected chi connectivity index (χ4v) is 4.34. The summed E-state index contributed by atoms with van der Waals surface area (Å²) in [6.07, 6.45) is 15.2. The molecule has 0 radical (unpaired) electrons. The number of allylic oxidation sites excluding steroid dienone is 1. The van der Waals surface area contributed by atoms with Gasteiger partial charge in [-0.25, -0.2) is 0 Å². The highest BCUT2D eigenvalue weighted by Gasteiger charge is 2.34. The lowest BCUT2D eigenvalue weighted by Gasteiger charge is -2.25. The van der Waals surface area contributed by atoms with Crippen LogP contribution in [0, 0.1) is 5.92 Å².